The normalized spacial score (nSPS) is 28.6. The Labute approximate surface area is 147 Å². The van der Waals surface area contributed by atoms with Gasteiger partial charge in [0.2, 0.25) is 0 Å². The SMILES string of the molecule is CCCCC(CC)COC1(CI)CCC(C(C)(C)C)CC1. The van der Waals surface area contributed by atoms with Crippen molar-refractivity contribution in [3.63, 3.8) is 0 Å². The molecular weight excluding hydrogens is 371 g/mol. The molecule has 1 aliphatic rings. The zero-order valence-corrected chi connectivity index (χ0v) is 17.2. The van der Waals surface area contributed by atoms with Gasteiger partial charge in [-0.2, -0.15) is 0 Å². The second-order valence-electron chi connectivity index (χ2n) is 8.18. The number of hydrogen-bond donors (Lipinski definition) is 0. The van der Waals surface area contributed by atoms with Gasteiger partial charge < -0.3 is 4.74 Å². The predicted octanol–water partition coefficient (Wildman–Crippen LogP) is 6.63. The molecule has 0 N–H and O–H groups in total. The highest BCUT2D eigenvalue weighted by Gasteiger charge is 2.39. The molecule has 1 nitrogen and oxygen atoms in total. The summed E-state index contributed by atoms with van der Waals surface area (Å²) in [5.74, 6) is 1.64. The van der Waals surface area contributed by atoms with Crippen LogP contribution >= 0.6 is 22.6 Å². The van der Waals surface area contributed by atoms with Gasteiger partial charge in [-0.15, -0.1) is 0 Å². The topological polar surface area (TPSA) is 9.23 Å². The van der Waals surface area contributed by atoms with Gasteiger partial charge in [0.1, 0.15) is 0 Å². The second kappa shape index (κ2) is 9.10. The fraction of sp³-hybridized carbons (Fsp3) is 1.00. The van der Waals surface area contributed by atoms with E-state index in [1.807, 2.05) is 0 Å². The van der Waals surface area contributed by atoms with E-state index in [4.69, 9.17) is 4.74 Å². The number of hydrogen-bond acceptors (Lipinski definition) is 1. The fourth-order valence-corrected chi connectivity index (χ4v) is 4.50. The third-order valence-corrected chi connectivity index (χ3v) is 6.92. The predicted molar refractivity (Wildman–Crippen MR) is 102 cm³/mol. The van der Waals surface area contributed by atoms with Gasteiger partial charge in [0.05, 0.1) is 12.2 Å². The summed E-state index contributed by atoms with van der Waals surface area (Å²) in [6, 6.07) is 0. The highest BCUT2D eigenvalue weighted by atomic mass is 127. The molecule has 1 rings (SSSR count). The summed E-state index contributed by atoms with van der Waals surface area (Å²) in [5, 5.41) is 0. The maximum Gasteiger partial charge on any atom is 0.0771 e. The van der Waals surface area contributed by atoms with Crippen LogP contribution in [0.25, 0.3) is 0 Å². The van der Waals surface area contributed by atoms with Crippen molar-refractivity contribution >= 4 is 22.6 Å². The average Bonchev–Trinajstić information content (AvgIpc) is 2.47. The monoisotopic (exact) mass is 408 g/mol. The third-order valence-electron chi connectivity index (χ3n) is 5.53. The Morgan fingerprint density at radius 1 is 1.19 bits per heavy atom. The zero-order valence-electron chi connectivity index (χ0n) is 15.0. The smallest absolute Gasteiger partial charge is 0.0771 e. The summed E-state index contributed by atoms with van der Waals surface area (Å²) in [5.41, 5.74) is 0.645. The van der Waals surface area contributed by atoms with Gasteiger partial charge in [-0.3, -0.25) is 0 Å². The molecule has 0 heterocycles. The van der Waals surface area contributed by atoms with Crippen molar-refractivity contribution in [3.8, 4) is 0 Å². The van der Waals surface area contributed by atoms with E-state index >= 15 is 0 Å². The zero-order chi connectivity index (χ0) is 15.9. The van der Waals surface area contributed by atoms with Crippen LogP contribution in [0.3, 0.4) is 0 Å². The first-order valence-corrected chi connectivity index (χ1v) is 10.6. The van der Waals surface area contributed by atoms with Gasteiger partial charge in [-0.25, -0.2) is 0 Å². The Kier molecular flexibility index (Phi) is 8.55. The number of rotatable bonds is 8. The molecule has 21 heavy (non-hydrogen) atoms. The first-order valence-electron chi connectivity index (χ1n) is 9.06. The average molecular weight is 408 g/mol. The summed E-state index contributed by atoms with van der Waals surface area (Å²) in [6.45, 7) is 12.8. The molecule has 2 heteroatoms. The molecule has 1 saturated carbocycles. The minimum Gasteiger partial charge on any atom is -0.374 e. The van der Waals surface area contributed by atoms with Crippen LogP contribution in [-0.2, 0) is 4.74 Å². The Bertz CT molecular complexity index is 274. The molecule has 126 valence electrons. The van der Waals surface area contributed by atoms with E-state index < -0.39 is 0 Å². The van der Waals surface area contributed by atoms with Gasteiger partial charge in [-0.05, 0) is 49.4 Å². The molecule has 0 radical (unpaired) electrons. The van der Waals surface area contributed by atoms with E-state index in [9.17, 15) is 0 Å². The van der Waals surface area contributed by atoms with Crippen molar-refractivity contribution in [1.82, 2.24) is 0 Å². The standard InChI is InChI=1S/C19H37IO/c1-6-8-9-16(7-2)14-21-19(15-20)12-10-17(11-13-19)18(3,4)5/h16-17H,6-15H2,1-5H3. The molecule has 0 saturated heterocycles. The molecular formula is C19H37IO. The summed E-state index contributed by atoms with van der Waals surface area (Å²) < 4.78 is 7.68. The molecule has 0 aromatic heterocycles. The molecule has 0 aromatic carbocycles. The summed E-state index contributed by atoms with van der Waals surface area (Å²) >= 11 is 2.55. The summed E-state index contributed by atoms with van der Waals surface area (Å²) in [6.07, 6.45) is 10.5. The van der Waals surface area contributed by atoms with Crippen LogP contribution in [-0.4, -0.2) is 16.6 Å². The number of halogens is 1. The van der Waals surface area contributed by atoms with Gasteiger partial charge in [0, 0.05) is 4.43 Å². The summed E-state index contributed by atoms with van der Waals surface area (Å²) in [4.78, 5) is 0. The highest BCUT2D eigenvalue weighted by molar-refractivity contribution is 14.1. The van der Waals surface area contributed by atoms with Crippen LogP contribution in [0.4, 0.5) is 0 Å². The minimum atomic E-state index is 0.182. The van der Waals surface area contributed by atoms with E-state index in [2.05, 4.69) is 57.2 Å². The molecule has 1 unspecified atom stereocenters. The molecule has 1 fully saturated rings. The first-order chi connectivity index (χ1) is 9.87. The van der Waals surface area contributed by atoms with Crippen molar-refractivity contribution in [1.29, 1.82) is 0 Å². The maximum atomic E-state index is 6.52. The molecule has 0 bridgehead atoms. The fourth-order valence-electron chi connectivity index (χ4n) is 3.52. The lowest BCUT2D eigenvalue weighted by atomic mass is 9.69. The van der Waals surface area contributed by atoms with Gasteiger partial charge in [-0.1, -0.05) is 76.5 Å². The lowest BCUT2D eigenvalue weighted by Gasteiger charge is -2.43. The Balaban J connectivity index is 2.47. The lowest BCUT2D eigenvalue weighted by molar-refractivity contribution is -0.0813. The highest BCUT2D eigenvalue weighted by Crippen LogP contribution is 2.43. The Morgan fingerprint density at radius 3 is 2.24 bits per heavy atom. The first kappa shape index (κ1) is 19.7. The van der Waals surface area contributed by atoms with Crippen molar-refractivity contribution in [2.75, 3.05) is 11.0 Å². The van der Waals surface area contributed by atoms with E-state index in [1.165, 1.54) is 51.4 Å². The lowest BCUT2D eigenvalue weighted by Crippen LogP contribution is -2.42. The van der Waals surface area contributed by atoms with Crippen LogP contribution in [0.15, 0.2) is 0 Å². The third kappa shape index (κ3) is 6.37. The van der Waals surface area contributed by atoms with Gasteiger partial charge >= 0.3 is 0 Å². The van der Waals surface area contributed by atoms with Crippen molar-refractivity contribution < 1.29 is 4.74 Å². The van der Waals surface area contributed by atoms with Crippen molar-refractivity contribution in [3.05, 3.63) is 0 Å². The number of unbranched alkanes of at least 4 members (excludes halogenated alkanes) is 1. The van der Waals surface area contributed by atoms with Gasteiger partial charge in [0.25, 0.3) is 0 Å². The number of ether oxygens (including phenoxy) is 1. The quantitative estimate of drug-likeness (QED) is 0.324. The van der Waals surface area contributed by atoms with Crippen LogP contribution in [0.2, 0.25) is 0 Å². The molecule has 0 aliphatic heterocycles. The molecule has 1 atom stereocenters. The maximum absolute atomic E-state index is 6.52. The van der Waals surface area contributed by atoms with E-state index in [1.54, 1.807) is 0 Å². The molecule has 1 aliphatic carbocycles. The van der Waals surface area contributed by atoms with Gasteiger partial charge in [0.15, 0.2) is 0 Å². The second-order valence-corrected chi connectivity index (χ2v) is 8.95. The van der Waals surface area contributed by atoms with Crippen molar-refractivity contribution in [2.45, 2.75) is 91.6 Å². The molecule has 0 spiro atoms. The molecule has 0 amide bonds. The van der Waals surface area contributed by atoms with Crippen LogP contribution in [0.5, 0.6) is 0 Å². The summed E-state index contributed by atoms with van der Waals surface area (Å²) in [7, 11) is 0. The van der Waals surface area contributed by atoms with Crippen LogP contribution in [0.1, 0.15) is 86.0 Å². The van der Waals surface area contributed by atoms with E-state index in [0.717, 1.165) is 22.9 Å². The minimum absolute atomic E-state index is 0.182. The van der Waals surface area contributed by atoms with Crippen LogP contribution in [0, 0.1) is 17.3 Å². The Morgan fingerprint density at radius 2 is 1.81 bits per heavy atom. The van der Waals surface area contributed by atoms with E-state index in [-0.39, 0.29) is 5.60 Å². The van der Waals surface area contributed by atoms with Crippen molar-refractivity contribution in [2.24, 2.45) is 17.3 Å². The largest absolute Gasteiger partial charge is 0.374 e. The Hall–Kier alpha value is 0.690. The number of alkyl halides is 1. The van der Waals surface area contributed by atoms with Crippen LogP contribution < -0.4 is 0 Å². The van der Waals surface area contributed by atoms with E-state index in [0.29, 0.717) is 5.41 Å². The molecule has 0 aromatic rings.